The van der Waals surface area contributed by atoms with Crippen molar-refractivity contribution in [3.63, 3.8) is 0 Å². The van der Waals surface area contributed by atoms with Crippen molar-refractivity contribution in [3.05, 3.63) is 35.9 Å². The van der Waals surface area contributed by atoms with E-state index >= 15 is 0 Å². The zero-order chi connectivity index (χ0) is 20.9. The quantitative estimate of drug-likeness (QED) is 0.276. The first-order chi connectivity index (χ1) is 14.8. The Morgan fingerprint density at radius 1 is 0.733 bits per heavy atom. The van der Waals surface area contributed by atoms with E-state index in [2.05, 4.69) is 60.8 Å². The minimum atomic E-state index is 0.343. The number of unbranched alkanes of at least 4 members (excludes halogenated alkanes) is 9. The Morgan fingerprint density at radius 2 is 1.30 bits per heavy atom. The van der Waals surface area contributed by atoms with Gasteiger partial charge in [-0.15, -0.1) is 23.5 Å². The molecule has 1 aliphatic carbocycles. The number of rotatable bonds is 13. The number of thioether (sulfide) groups is 2. The van der Waals surface area contributed by atoms with Gasteiger partial charge < -0.3 is 0 Å². The Morgan fingerprint density at radius 3 is 1.90 bits per heavy atom. The highest BCUT2D eigenvalue weighted by molar-refractivity contribution is 8.18. The molecule has 2 aliphatic rings. The fraction of sp³-hybridized carbons (Fsp3) is 0.786. The highest BCUT2D eigenvalue weighted by atomic mass is 32.2. The van der Waals surface area contributed by atoms with Gasteiger partial charge in [-0.3, -0.25) is 0 Å². The van der Waals surface area contributed by atoms with Crippen LogP contribution in [0, 0.1) is 11.8 Å². The van der Waals surface area contributed by atoms with E-state index in [-0.39, 0.29) is 0 Å². The van der Waals surface area contributed by atoms with Crippen molar-refractivity contribution in [2.24, 2.45) is 11.8 Å². The van der Waals surface area contributed by atoms with Crippen molar-refractivity contribution in [3.8, 4) is 0 Å². The second-order valence-electron chi connectivity index (χ2n) is 9.83. The first-order valence-corrected chi connectivity index (χ1v) is 15.2. The summed E-state index contributed by atoms with van der Waals surface area (Å²) in [5.74, 6) is 4.59. The Labute approximate surface area is 196 Å². The first kappa shape index (κ1) is 24.6. The third-order valence-electron chi connectivity index (χ3n) is 7.35. The second-order valence-corrected chi connectivity index (χ2v) is 12.6. The highest BCUT2D eigenvalue weighted by Crippen LogP contribution is 2.59. The van der Waals surface area contributed by atoms with E-state index in [0.717, 1.165) is 11.8 Å². The molecule has 1 heterocycles. The molecule has 0 radical (unpaired) electrons. The lowest BCUT2D eigenvalue weighted by Gasteiger charge is -2.46. The third kappa shape index (κ3) is 7.51. The van der Waals surface area contributed by atoms with Crippen LogP contribution >= 0.6 is 23.5 Å². The van der Waals surface area contributed by atoms with Gasteiger partial charge in [0.05, 0.1) is 4.08 Å². The normalized spacial score (nSPS) is 25.4. The molecule has 2 heteroatoms. The van der Waals surface area contributed by atoms with E-state index < -0.39 is 0 Å². The lowest BCUT2D eigenvalue weighted by Crippen LogP contribution is -2.35. The van der Waals surface area contributed by atoms with Crippen LogP contribution in [0.5, 0.6) is 0 Å². The predicted octanol–water partition coefficient (Wildman–Crippen LogP) is 9.83. The van der Waals surface area contributed by atoms with Gasteiger partial charge in [-0.1, -0.05) is 121 Å². The van der Waals surface area contributed by atoms with Crippen LogP contribution in [0.1, 0.15) is 115 Å². The summed E-state index contributed by atoms with van der Waals surface area (Å²) in [4.78, 5) is 0. The van der Waals surface area contributed by atoms with E-state index in [1.54, 1.807) is 5.56 Å². The summed E-state index contributed by atoms with van der Waals surface area (Å²) in [6, 6.07) is 11.5. The van der Waals surface area contributed by atoms with Crippen molar-refractivity contribution < 1.29 is 0 Å². The van der Waals surface area contributed by atoms with E-state index in [1.165, 1.54) is 114 Å². The summed E-state index contributed by atoms with van der Waals surface area (Å²) >= 11 is 4.65. The monoisotopic (exact) mass is 446 g/mol. The second kappa shape index (κ2) is 14.1. The summed E-state index contributed by atoms with van der Waals surface area (Å²) < 4.78 is 0.343. The van der Waals surface area contributed by atoms with Gasteiger partial charge in [-0.25, -0.2) is 0 Å². The molecule has 1 aromatic rings. The van der Waals surface area contributed by atoms with E-state index in [9.17, 15) is 0 Å². The summed E-state index contributed by atoms with van der Waals surface area (Å²) in [6.45, 7) is 2.31. The molecule has 0 spiro atoms. The van der Waals surface area contributed by atoms with E-state index in [1.807, 2.05) is 0 Å². The first-order valence-electron chi connectivity index (χ1n) is 13.2. The van der Waals surface area contributed by atoms with E-state index in [0.29, 0.717) is 4.08 Å². The molecule has 0 bridgehead atoms. The molecule has 0 nitrogen and oxygen atoms in total. The van der Waals surface area contributed by atoms with Crippen LogP contribution in [-0.4, -0.2) is 11.5 Å². The van der Waals surface area contributed by atoms with Crippen LogP contribution in [0.2, 0.25) is 0 Å². The van der Waals surface area contributed by atoms with Crippen LogP contribution in [0.15, 0.2) is 30.3 Å². The van der Waals surface area contributed by atoms with Crippen LogP contribution in [0.25, 0.3) is 0 Å². The minimum absolute atomic E-state index is 0.343. The molecule has 1 saturated carbocycles. The summed E-state index contributed by atoms with van der Waals surface area (Å²) in [5, 5.41) is 0. The van der Waals surface area contributed by atoms with Crippen molar-refractivity contribution in [1.82, 2.24) is 0 Å². The number of hydrogen-bond acceptors (Lipinski definition) is 2. The maximum atomic E-state index is 2.41. The molecule has 1 saturated heterocycles. The Hall–Kier alpha value is -0.0800. The average Bonchev–Trinajstić information content (AvgIpc) is 2.82. The molecule has 0 N–H and O–H groups in total. The lowest BCUT2D eigenvalue weighted by atomic mass is 9.84. The summed E-state index contributed by atoms with van der Waals surface area (Å²) in [6.07, 6.45) is 23.2. The molecule has 0 unspecified atom stereocenters. The molecule has 0 aromatic heterocycles. The standard InChI is InChI=1S/C28H46S2/c1-2-3-4-5-6-7-8-9-10-13-18-25-23-29-28(30-24-25,26-19-14-11-15-20-26)27-21-16-12-17-22-27/h11,14-15,19-20,25,27H,2-10,12-13,16-18,21-24H2,1H3. The molecule has 30 heavy (non-hydrogen) atoms. The summed E-state index contributed by atoms with van der Waals surface area (Å²) in [7, 11) is 0. The summed E-state index contributed by atoms with van der Waals surface area (Å²) in [5.41, 5.74) is 1.60. The maximum Gasteiger partial charge on any atom is 0.0888 e. The molecule has 0 amide bonds. The van der Waals surface area contributed by atoms with Crippen molar-refractivity contribution in [2.75, 3.05) is 11.5 Å². The van der Waals surface area contributed by atoms with Gasteiger partial charge >= 0.3 is 0 Å². The van der Waals surface area contributed by atoms with Gasteiger partial charge in [0, 0.05) is 0 Å². The van der Waals surface area contributed by atoms with Gasteiger partial charge in [0.1, 0.15) is 0 Å². The van der Waals surface area contributed by atoms with Crippen LogP contribution < -0.4 is 0 Å². The smallest absolute Gasteiger partial charge is 0.0888 e. The fourth-order valence-corrected chi connectivity index (χ4v) is 9.43. The predicted molar refractivity (Wildman–Crippen MR) is 140 cm³/mol. The van der Waals surface area contributed by atoms with Crippen molar-refractivity contribution in [2.45, 2.75) is 114 Å². The van der Waals surface area contributed by atoms with Gasteiger partial charge in [0.15, 0.2) is 0 Å². The number of benzene rings is 1. The molecule has 2 fully saturated rings. The SMILES string of the molecule is CCCCCCCCCCCCC1CSC(c2ccccc2)(C2CCCCC2)SC1. The topological polar surface area (TPSA) is 0 Å². The molecule has 3 rings (SSSR count). The average molecular weight is 447 g/mol. The molecule has 170 valence electrons. The van der Waals surface area contributed by atoms with Crippen molar-refractivity contribution >= 4 is 23.5 Å². The molecular weight excluding hydrogens is 400 g/mol. The fourth-order valence-electron chi connectivity index (χ4n) is 5.45. The molecule has 1 aromatic carbocycles. The van der Waals surface area contributed by atoms with E-state index in [4.69, 9.17) is 0 Å². The third-order valence-corrected chi connectivity index (χ3v) is 11.3. The van der Waals surface area contributed by atoms with Crippen LogP contribution in [-0.2, 0) is 4.08 Å². The zero-order valence-electron chi connectivity index (χ0n) is 19.6. The van der Waals surface area contributed by atoms with Gasteiger partial charge in [-0.05, 0) is 48.2 Å². The Kier molecular flexibility index (Phi) is 11.6. The molecular formula is C28H46S2. The Balaban J connectivity index is 1.36. The minimum Gasteiger partial charge on any atom is -0.139 e. The van der Waals surface area contributed by atoms with Gasteiger partial charge in [-0.2, -0.15) is 0 Å². The van der Waals surface area contributed by atoms with Gasteiger partial charge in [0.25, 0.3) is 0 Å². The van der Waals surface area contributed by atoms with Gasteiger partial charge in [0.2, 0.25) is 0 Å². The van der Waals surface area contributed by atoms with Crippen LogP contribution in [0.3, 0.4) is 0 Å². The highest BCUT2D eigenvalue weighted by Gasteiger charge is 2.44. The van der Waals surface area contributed by atoms with Crippen molar-refractivity contribution in [1.29, 1.82) is 0 Å². The van der Waals surface area contributed by atoms with Crippen LogP contribution in [0.4, 0.5) is 0 Å². The zero-order valence-corrected chi connectivity index (χ0v) is 21.2. The maximum absolute atomic E-state index is 2.41. The molecule has 0 atom stereocenters. The Bertz CT molecular complexity index is 541. The lowest BCUT2D eigenvalue weighted by molar-refractivity contribution is 0.333. The number of hydrogen-bond donors (Lipinski definition) is 0. The molecule has 1 aliphatic heterocycles. The largest absolute Gasteiger partial charge is 0.139 e.